The van der Waals surface area contributed by atoms with Crippen LogP contribution in [0, 0.1) is 3.57 Å². The van der Waals surface area contributed by atoms with Crippen molar-refractivity contribution in [3.63, 3.8) is 0 Å². The molecule has 0 saturated heterocycles. The van der Waals surface area contributed by atoms with E-state index in [0.29, 0.717) is 21.3 Å². The fourth-order valence-electron chi connectivity index (χ4n) is 2.62. The molecule has 0 bridgehead atoms. The van der Waals surface area contributed by atoms with Crippen LogP contribution in [0.5, 0.6) is 0 Å². The standard InChI is InChI=1S/C20H11Cl2IN2OS/c21-15-8-5-11(23)9-14(15)19(26)24-12-6-7-13(16(22)10-12)20-25-17-3-1-2-4-18(17)27-20/h1-10H,(H,24,26). The van der Waals surface area contributed by atoms with E-state index in [1.165, 1.54) is 0 Å². The number of rotatable bonds is 3. The lowest BCUT2D eigenvalue weighted by Crippen LogP contribution is -2.12. The Labute approximate surface area is 183 Å². The quantitative estimate of drug-likeness (QED) is 0.290. The van der Waals surface area contributed by atoms with Crippen molar-refractivity contribution in [3.8, 4) is 10.6 Å². The van der Waals surface area contributed by atoms with Gasteiger partial charge in [-0.2, -0.15) is 0 Å². The second kappa shape index (κ2) is 7.75. The van der Waals surface area contributed by atoms with Crippen molar-refractivity contribution < 1.29 is 4.79 Å². The molecular formula is C20H11Cl2IN2OS. The highest BCUT2D eigenvalue weighted by atomic mass is 127. The van der Waals surface area contributed by atoms with Crippen LogP contribution < -0.4 is 5.32 Å². The van der Waals surface area contributed by atoms with Gasteiger partial charge in [0.25, 0.3) is 5.91 Å². The molecule has 0 aliphatic heterocycles. The first-order valence-electron chi connectivity index (χ1n) is 7.93. The number of aromatic nitrogens is 1. The number of para-hydroxylation sites is 1. The van der Waals surface area contributed by atoms with E-state index >= 15 is 0 Å². The number of thiazole rings is 1. The summed E-state index contributed by atoms with van der Waals surface area (Å²) >= 11 is 16.3. The number of hydrogen-bond donors (Lipinski definition) is 1. The minimum Gasteiger partial charge on any atom is -0.322 e. The SMILES string of the molecule is O=C(Nc1ccc(-c2nc3ccccc3s2)c(Cl)c1)c1cc(I)ccc1Cl. The number of nitrogens with zero attached hydrogens (tertiary/aromatic N) is 1. The second-order valence-corrected chi connectivity index (χ2v) is 8.85. The van der Waals surface area contributed by atoms with Crippen LogP contribution in [0.15, 0.2) is 60.7 Å². The van der Waals surface area contributed by atoms with E-state index in [2.05, 4.69) is 32.9 Å². The Hall–Kier alpha value is -1.67. The average molecular weight is 525 g/mol. The Kier molecular flexibility index (Phi) is 5.36. The summed E-state index contributed by atoms with van der Waals surface area (Å²) in [6, 6.07) is 18.7. The van der Waals surface area contributed by atoms with Gasteiger partial charge in [0.2, 0.25) is 0 Å². The lowest BCUT2D eigenvalue weighted by atomic mass is 10.2. The minimum absolute atomic E-state index is 0.276. The number of anilines is 1. The first kappa shape index (κ1) is 18.7. The maximum absolute atomic E-state index is 12.5. The third-order valence-corrected chi connectivity index (χ3v) is 6.31. The lowest BCUT2D eigenvalue weighted by Gasteiger charge is -2.09. The van der Waals surface area contributed by atoms with Crippen molar-refractivity contribution in [1.82, 2.24) is 4.98 Å². The highest BCUT2D eigenvalue weighted by molar-refractivity contribution is 14.1. The third-order valence-electron chi connectivity index (χ3n) is 3.92. The Morgan fingerprint density at radius 2 is 1.81 bits per heavy atom. The van der Waals surface area contributed by atoms with E-state index in [1.54, 1.807) is 29.5 Å². The molecule has 0 spiro atoms. The molecular weight excluding hydrogens is 514 g/mol. The van der Waals surface area contributed by atoms with Crippen LogP contribution >= 0.6 is 57.1 Å². The zero-order valence-corrected chi connectivity index (χ0v) is 18.2. The highest BCUT2D eigenvalue weighted by Gasteiger charge is 2.14. The summed E-state index contributed by atoms with van der Waals surface area (Å²) in [5, 5.41) is 4.63. The van der Waals surface area contributed by atoms with Crippen molar-refractivity contribution in [1.29, 1.82) is 0 Å². The van der Waals surface area contributed by atoms with Crippen LogP contribution in [-0.2, 0) is 0 Å². The monoisotopic (exact) mass is 524 g/mol. The number of halogens is 3. The number of carbonyl (C=O) groups excluding carboxylic acids is 1. The maximum Gasteiger partial charge on any atom is 0.257 e. The molecule has 27 heavy (non-hydrogen) atoms. The summed E-state index contributed by atoms with van der Waals surface area (Å²) in [5.74, 6) is -0.276. The van der Waals surface area contributed by atoms with Gasteiger partial charge >= 0.3 is 0 Å². The number of benzene rings is 3. The van der Waals surface area contributed by atoms with E-state index in [0.717, 1.165) is 24.4 Å². The van der Waals surface area contributed by atoms with Gasteiger partial charge in [0.15, 0.2) is 0 Å². The van der Waals surface area contributed by atoms with Crippen LogP contribution in [0.4, 0.5) is 5.69 Å². The normalized spacial score (nSPS) is 10.9. The number of hydrogen-bond acceptors (Lipinski definition) is 3. The van der Waals surface area contributed by atoms with Crippen molar-refractivity contribution >= 4 is 78.9 Å². The summed E-state index contributed by atoms with van der Waals surface area (Å²) in [7, 11) is 0. The molecule has 4 rings (SSSR count). The fraction of sp³-hybridized carbons (Fsp3) is 0. The lowest BCUT2D eigenvalue weighted by molar-refractivity contribution is 0.102. The predicted molar refractivity (Wildman–Crippen MR) is 122 cm³/mol. The van der Waals surface area contributed by atoms with Gasteiger partial charge in [0.05, 0.1) is 25.8 Å². The van der Waals surface area contributed by atoms with Gasteiger partial charge in [-0.1, -0.05) is 35.3 Å². The van der Waals surface area contributed by atoms with Crippen LogP contribution in [0.2, 0.25) is 10.0 Å². The van der Waals surface area contributed by atoms with Crippen LogP contribution in [0.3, 0.4) is 0 Å². The topological polar surface area (TPSA) is 42.0 Å². The van der Waals surface area contributed by atoms with Gasteiger partial charge in [0.1, 0.15) is 5.01 Å². The molecule has 0 atom stereocenters. The minimum atomic E-state index is -0.276. The number of amides is 1. The number of carbonyl (C=O) groups is 1. The largest absolute Gasteiger partial charge is 0.322 e. The molecule has 0 fully saturated rings. The van der Waals surface area contributed by atoms with E-state index < -0.39 is 0 Å². The van der Waals surface area contributed by atoms with E-state index in [-0.39, 0.29) is 5.91 Å². The van der Waals surface area contributed by atoms with Crippen LogP contribution in [0.1, 0.15) is 10.4 Å². The molecule has 1 heterocycles. The van der Waals surface area contributed by atoms with E-state index in [1.807, 2.05) is 42.5 Å². The Morgan fingerprint density at radius 3 is 2.59 bits per heavy atom. The maximum atomic E-state index is 12.5. The predicted octanol–water partition coefficient (Wildman–Crippen LogP) is 7.13. The summed E-state index contributed by atoms with van der Waals surface area (Å²) in [6.07, 6.45) is 0. The summed E-state index contributed by atoms with van der Waals surface area (Å²) in [4.78, 5) is 17.2. The summed E-state index contributed by atoms with van der Waals surface area (Å²) in [6.45, 7) is 0. The van der Waals surface area contributed by atoms with Gasteiger partial charge in [-0.05, 0) is 71.1 Å². The van der Waals surface area contributed by atoms with Crippen LogP contribution in [0.25, 0.3) is 20.8 Å². The highest BCUT2D eigenvalue weighted by Crippen LogP contribution is 2.35. The zero-order valence-electron chi connectivity index (χ0n) is 13.7. The summed E-state index contributed by atoms with van der Waals surface area (Å²) < 4.78 is 2.04. The molecule has 134 valence electrons. The van der Waals surface area contributed by atoms with Gasteiger partial charge < -0.3 is 5.32 Å². The van der Waals surface area contributed by atoms with E-state index in [9.17, 15) is 4.79 Å². The smallest absolute Gasteiger partial charge is 0.257 e. The Bertz CT molecular complexity index is 1140. The van der Waals surface area contributed by atoms with Gasteiger partial charge in [-0.3, -0.25) is 4.79 Å². The molecule has 0 unspecified atom stereocenters. The van der Waals surface area contributed by atoms with Gasteiger partial charge in [0, 0.05) is 14.8 Å². The van der Waals surface area contributed by atoms with Gasteiger partial charge in [-0.15, -0.1) is 11.3 Å². The van der Waals surface area contributed by atoms with Crippen molar-refractivity contribution in [3.05, 3.63) is 79.8 Å². The molecule has 3 nitrogen and oxygen atoms in total. The average Bonchev–Trinajstić information content (AvgIpc) is 3.07. The van der Waals surface area contributed by atoms with Crippen LogP contribution in [-0.4, -0.2) is 10.9 Å². The second-order valence-electron chi connectivity index (χ2n) is 5.76. The molecule has 0 saturated carbocycles. The molecule has 4 aromatic rings. The first-order chi connectivity index (χ1) is 13.0. The van der Waals surface area contributed by atoms with Gasteiger partial charge in [-0.25, -0.2) is 4.98 Å². The number of nitrogens with one attached hydrogen (secondary N) is 1. The van der Waals surface area contributed by atoms with Crippen molar-refractivity contribution in [2.24, 2.45) is 0 Å². The zero-order chi connectivity index (χ0) is 19.0. The molecule has 1 N–H and O–H groups in total. The van der Waals surface area contributed by atoms with Crippen molar-refractivity contribution in [2.45, 2.75) is 0 Å². The molecule has 0 radical (unpaired) electrons. The molecule has 1 aromatic heterocycles. The molecule has 1 amide bonds. The molecule has 7 heteroatoms. The summed E-state index contributed by atoms with van der Waals surface area (Å²) in [5.41, 5.74) is 2.81. The Balaban J connectivity index is 1.61. The molecule has 0 aliphatic rings. The number of fused-ring (bicyclic) bond motifs is 1. The van der Waals surface area contributed by atoms with Crippen molar-refractivity contribution in [2.75, 3.05) is 5.32 Å². The molecule has 3 aromatic carbocycles. The fourth-order valence-corrected chi connectivity index (χ4v) is 4.65. The van der Waals surface area contributed by atoms with E-state index in [4.69, 9.17) is 23.2 Å². The third kappa shape index (κ3) is 3.96. The Morgan fingerprint density at radius 1 is 1.00 bits per heavy atom. The molecule has 0 aliphatic carbocycles. The first-order valence-corrected chi connectivity index (χ1v) is 10.6.